The van der Waals surface area contributed by atoms with Crippen molar-refractivity contribution in [2.24, 2.45) is 0 Å². The third-order valence-electron chi connectivity index (χ3n) is 6.39. The molecule has 0 radical (unpaired) electrons. The van der Waals surface area contributed by atoms with Gasteiger partial charge in [-0.25, -0.2) is 8.51 Å². The second-order valence-corrected chi connectivity index (χ2v) is 9.91. The van der Waals surface area contributed by atoms with Gasteiger partial charge in [0.15, 0.2) is 0 Å². The van der Waals surface area contributed by atoms with Crippen LogP contribution in [-0.4, -0.2) is 70.2 Å². The summed E-state index contributed by atoms with van der Waals surface area (Å²) in [4.78, 5) is 26.6. The third kappa shape index (κ3) is 6.89. The molecule has 2 N–H and O–H groups in total. The van der Waals surface area contributed by atoms with Crippen LogP contribution in [0.15, 0.2) is 42.5 Å². The Morgan fingerprint density at radius 3 is 2.56 bits per heavy atom. The Kier molecular flexibility index (Phi) is 9.63. The lowest BCUT2D eigenvalue weighted by molar-refractivity contribution is -0.126. The minimum Gasteiger partial charge on any atom is -0.354 e. The fourth-order valence-corrected chi connectivity index (χ4v) is 5.45. The molecule has 1 aliphatic heterocycles. The van der Waals surface area contributed by atoms with Crippen molar-refractivity contribution in [1.82, 2.24) is 19.8 Å². The molecular weight excluding hydrogens is 448 g/mol. The summed E-state index contributed by atoms with van der Waals surface area (Å²) in [6, 6.07) is 15.2. The zero-order chi connectivity index (χ0) is 24.5. The number of piperidine rings is 1. The maximum atomic E-state index is 12.4. The van der Waals surface area contributed by atoms with Gasteiger partial charge < -0.3 is 10.6 Å². The maximum absolute atomic E-state index is 12.4. The number of rotatable bonds is 10. The summed E-state index contributed by atoms with van der Waals surface area (Å²) < 4.78 is 14.2. The van der Waals surface area contributed by atoms with E-state index in [9.17, 15) is 13.8 Å². The average molecular weight is 483 g/mol. The predicted molar refractivity (Wildman–Crippen MR) is 137 cm³/mol. The topological polar surface area (TPSA) is 81.8 Å². The molecular formula is C26H34N4O3S. The fourth-order valence-electron chi connectivity index (χ4n) is 4.52. The van der Waals surface area contributed by atoms with Gasteiger partial charge in [0.1, 0.15) is 0 Å². The van der Waals surface area contributed by atoms with Crippen LogP contribution in [0.1, 0.15) is 37.8 Å². The van der Waals surface area contributed by atoms with Crippen LogP contribution in [0.5, 0.6) is 0 Å². The third-order valence-corrected chi connectivity index (χ3v) is 7.48. The van der Waals surface area contributed by atoms with Crippen molar-refractivity contribution in [3.8, 4) is 12.3 Å². The highest BCUT2D eigenvalue weighted by Crippen LogP contribution is 2.31. The molecule has 2 atom stereocenters. The highest BCUT2D eigenvalue weighted by Gasteiger charge is 2.30. The monoisotopic (exact) mass is 482 g/mol. The number of hydrogen-bond donors (Lipinski definition) is 2. The SMILES string of the molecule is C#CCCNC(=O)CNC(=O)CN(C1CCN(C(C)c2cccc3ccccc23)CC1)S(C)=O. The van der Waals surface area contributed by atoms with Gasteiger partial charge >= 0.3 is 0 Å². The number of nitrogens with zero attached hydrogens (tertiary/aromatic N) is 2. The molecule has 34 heavy (non-hydrogen) atoms. The van der Waals surface area contributed by atoms with E-state index in [4.69, 9.17) is 6.42 Å². The van der Waals surface area contributed by atoms with Gasteiger partial charge in [-0.3, -0.25) is 14.5 Å². The molecule has 1 heterocycles. The second-order valence-electron chi connectivity index (χ2n) is 8.59. The Morgan fingerprint density at radius 2 is 1.85 bits per heavy atom. The first-order valence-corrected chi connectivity index (χ1v) is 13.2. The van der Waals surface area contributed by atoms with Gasteiger partial charge in [-0.2, -0.15) is 0 Å². The molecule has 0 aliphatic carbocycles. The lowest BCUT2D eigenvalue weighted by atomic mass is 9.96. The normalized spacial score (nSPS) is 16.6. The number of amides is 2. The first kappa shape index (κ1) is 25.9. The lowest BCUT2D eigenvalue weighted by Gasteiger charge is -2.39. The zero-order valence-corrected chi connectivity index (χ0v) is 20.8. The van der Waals surface area contributed by atoms with Crippen molar-refractivity contribution in [1.29, 1.82) is 0 Å². The summed E-state index contributed by atoms with van der Waals surface area (Å²) in [5.74, 6) is 1.84. The van der Waals surface area contributed by atoms with Crippen LogP contribution in [0.2, 0.25) is 0 Å². The molecule has 7 nitrogen and oxygen atoms in total. The number of benzene rings is 2. The molecule has 0 bridgehead atoms. The molecule has 2 aromatic carbocycles. The van der Waals surface area contributed by atoms with Gasteiger partial charge in [0.25, 0.3) is 0 Å². The number of likely N-dealkylation sites (tertiary alicyclic amines) is 1. The average Bonchev–Trinajstić information content (AvgIpc) is 2.85. The van der Waals surface area contributed by atoms with E-state index in [1.807, 2.05) is 0 Å². The molecule has 1 fully saturated rings. The summed E-state index contributed by atoms with van der Waals surface area (Å²) in [6.45, 7) is 4.23. The van der Waals surface area contributed by atoms with Gasteiger partial charge in [0.05, 0.1) is 24.1 Å². The van der Waals surface area contributed by atoms with E-state index in [1.54, 1.807) is 10.6 Å². The van der Waals surface area contributed by atoms with Crippen molar-refractivity contribution >= 4 is 33.6 Å². The minimum absolute atomic E-state index is 0.00426. The van der Waals surface area contributed by atoms with Crippen molar-refractivity contribution in [3.63, 3.8) is 0 Å². The molecule has 2 amide bonds. The molecule has 3 rings (SSSR count). The fraction of sp³-hybridized carbons (Fsp3) is 0.462. The Bertz CT molecular complexity index is 1050. The summed E-state index contributed by atoms with van der Waals surface area (Å²) >= 11 is 0. The lowest BCUT2D eigenvalue weighted by Crippen LogP contribution is -2.49. The van der Waals surface area contributed by atoms with Crippen LogP contribution in [0.25, 0.3) is 10.8 Å². The molecule has 0 aromatic heterocycles. The number of fused-ring (bicyclic) bond motifs is 1. The molecule has 182 valence electrons. The van der Waals surface area contributed by atoms with E-state index >= 15 is 0 Å². The largest absolute Gasteiger partial charge is 0.354 e. The van der Waals surface area contributed by atoms with E-state index in [2.05, 4.69) is 70.8 Å². The van der Waals surface area contributed by atoms with Crippen LogP contribution >= 0.6 is 0 Å². The van der Waals surface area contributed by atoms with Crippen molar-refractivity contribution < 1.29 is 13.8 Å². The van der Waals surface area contributed by atoms with Gasteiger partial charge in [-0.05, 0) is 36.1 Å². The predicted octanol–water partition coefficient (Wildman–Crippen LogP) is 2.22. The van der Waals surface area contributed by atoms with Gasteiger partial charge in [0, 0.05) is 44.4 Å². The summed E-state index contributed by atoms with van der Waals surface area (Å²) in [6.07, 6.45) is 8.86. The van der Waals surface area contributed by atoms with Gasteiger partial charge in [-0.15, -0.1) is 12.3 Å². The highest BCUT2D eigenvalue weighted by atomic mass is 32.2. The molecule has 2 aromatic rings. The first-order valence-electron chi connectivity index (χ1n) is 11.7. The van der Waals surface area contributed by atoms with Crippen molar-refractivity contribution in [3.05, 3.63) is 48.0 Å². The van der Waals surface area contributed by atoms with Crippen LogP contribution in [0.4, 0.5) is 0 Å². The first-order chi connectivity index (χ1) is 16.4. The Morgan fingerprint density at radius 1 is 1.15 bits per heavy atom. The van der Waals surface area contributed by atoms with Crippen LogP contribution in [0, 0.1) is 12.3 Å². The molecule has 2 unspecified atom stereocenters. The minimum atomic E-state index is -1.29. The zero-order valence-electron chi connectivity index (χ0n) is 20.0. The smallest absolute Gasteiger partial charge is 0.239 e. The Labute approximate surface area is 204 Å². The van der Waals surface area contributed by atoms with Gasteiger partial charge in [-0.1, -0.05) is 42.5 Å². The number of hydrogen-bond acceptors (Lipinski definition) is 4. The number of nitrogens with one attached hydrogen (secondary N) is 2. The number of terminal acetylenes is 1. The number of carbonyl (C=O) groups is 2. The molecule has 0 saturated carbocycles. The van der Waals surface area contributed by atoms with E-state index in [0.717, 1.165) is 25.9 Å². The van der Waals surface area contributed by atoms with Crippen molar-refractivity contribution in [2.75, 3.05) is 39.0 Å². The van der Waals surface area contributed by atoms with Crippen LogP contribution < -0.4 is 10.6 Å². The number of carbonyl (C=O) groups excluding carboxylic acids is 2. The molecule has 8 heteroatoms. The van der Waals surface area contributed by atoms with E-state index < -0.39 is 11.0 Å². The van der Waals surface area contributed by atoms with E-state index in [-0.39, 0.29) is 37.0 Å². The van der Waals surface area contributed by atoms with Crippen molar-refractivity contribution in [2.45, 2.75) is 38.3 Å². The van der Waals surface area contributed by atoms with E-state index in [1.165, 1.54) is 16.3 Å². The maximum Gasteiger partial charge on any atom is 0.239 e. The standard InChI is InChI=1S/C26H34N4O3S/c1-4-5-15-27-25(31)18-28-26(32)19-30(34(3)33)22-13-16-29(17-14-22)20(2)23-12-8-10-21-9-6-7-11-24(21)23/h1,6-12,20,22H,5,13-19H2,2-3H3,(H,27,31)(H,28,32). The quantitative estimate of drug-likeness (QED) is 0.402. The second kappa shape index (κ2) is 12.7. The Hall–Kier alpha value is -2.73. The summed E-state index contributed by atoms with van der Waals surface area (Å²) in [5, 5.41) is 7.77. The molecule has 0 spiro atoms. The summed E-state index contributed by atoms with van der Waals surface area (Å²) in [7, 11) is -1.29. The Balaban J connectivity index is 1.53. The van der Waals surface area contributed by atoms with Gasteiger partial charge in [0.2, 0.25) is 11.8 Å². The molecule has 1 saturated heterocycles. The van der Waals surface area contributed by atoms with Crippen LogP contribution in [-0.2, 0) is 20.6 Å². The molecule has 1 aliphatic rings. The summed E-state index contributed by atoms with van der Waals surface area (Å²) in [5.41, 5.74) is 1.31. The van der Waals surface area contributed by atoms with Crippen LogP contribution in [0.3, 0.4) is 0 Å². The van der Waals surface area contributed by atoms with E-state index in [0.29, 0.717) is 13.0 Å². The highest BCUT2D eigenvalue weighted by molar-refractivity contribution is 7.81.